The quantitative estimate of drug-likeness (QED) is 0.767. The lowest BCUT2D eigenvalue weighted by Gasteiger charge is -2.35. The maximum absolute atomic E-state index is 12.7. The molecular weight excluding hydrogens is 428 g/mol. The zero-order valence-corrected chi connectivity index (χ0v) is 18.1. The maximum Gasteiger partial charge on any atom is 0.335 e. The third-order valence-electron chi connectivity index (χ3n) is 5.61. The predicted octanol–water partition coefficient (Wildman–Crippen LogP) is 2.41. The smallest absolute Gasteiger partial charge is 0.335 e. The SMILES string of the molecule is CC1CC(CC(=O)N2CCn3nc(-c4cccc(Cl)c4)c(C(N)=O)c3C2)C1.O=S=O. The summed E-state index contributed by atoms with van der Waals surface area (Å²) in [4.78, 5) is 26.7. The number of rotatable bonds is 4. The van der Waals surface area contributed by atoms with Crippen LogP contribution in [0.5, 0.6) is 0 Å². The van der Waals surface area contributed by atoms with Gasteiger partial charge in [-0.2, -0.15) is 13.5 Å². The molecule has 0 spiro atoms. The Labute approximate surface area is 183 Å². The van der Waals surface area contributed by atoms with Crippen LogP contribution in [-0.2, 0) is 29.5 Å². The van der Waals surface area contributed by atoms with Crippen molar-refractivity contribution in [3.63, 3.8) is 0 Å². The van der Waals surface area contributed by atoms with Crippen LogP contribution in [0.25, 0.3) is 11.3 Å². The first-order valence-electron chi connectivity index (χ1n) is 9.69. The second kappa shape index (κ2) is 9.53. The molecule has 0 saturated heterocycles. The highest BCUT2D eigenvalue weighted by Crippen LogP contribution is 2.36. The van der Waals surface area contributed by atoms with Crippen molar-refractivity contribution in [1.82, 2.24) is 14.7 Å². The Bertz CT molecular complexity index is 997. The molecule has 1 aliphatic heterocycles. The number of halogens is 1. The third kappa shape index (κ3) is 4.79. The van der Waals surface area contributed by atoms with E-state index in [-0.39, 0.29) is 5.91 Å². The molecule has 0 unspecified atom stereocenters. The van der Waals surface area contributed by atoms with E-state index in [9.17, 15) is 9.59 Å². The molecule has 2 N–H and O–H groups in total. The number of nitrogens with two attached hydrogens (primary N) is 1. The molecule has 1 aromatic carbocycles. The van der Waals surface area contributed by atoms with Gasteiger partial charge < -0.3 is 10.6 Å². The van der Waals surface area contributed by atoms with Crippen molar-refractivity contribution in [2.24, 2.45) is 17.6 Å². The minimum atomic E-state index is -0.750. The summed E-state index contributed by atoms with van der Waals surface area (Å²) in [7, 11) is 0. The summed E-state index contributed by atoms with van der Waals surface area (Å²) in [5.41, 5.74) is 8.05. The van der Waals surface area contributed by atoms with Gasteiger partial charge in [0.25, 0.3) is 5.91 Å². The normalized spacial score (nSPS) is 19.7. The summed E-state index contributed by atoms with van der Waals surface area (Å²) in [6.45, 7) is 3.75. The van der Waals surface area contributed by atoms with Gasteiger partial charge in [-0.1, -0.05) is 30.7 Å². The van der Waals surface area contributed by atoms with Gasteiger partial charge in [0.05, 0.1) is 24.3 Å². The first-order valence-corrected chi connectivity index (χ1v) is 10.7. The van der Waals surface area contributed by atoms with Crippen LogP contribution in [0, 0.1) is 11.8 Å². The van der Waals surface area contributed by atoms with Crippen LogP contribution in [-0.4, -0.2) is 41.5 Å². The maximum atomic E-state index is 12.7. The van der Waals surface area contributed by atoms with E-state index in [1.807, 2.05) is 17.0 Å². The van der Waals surface area contributed by atoms with E-state index < -0.39 is 17.5 Å². The van der Waals surface area contributed by atoms with Crippen LogP contribution in [0.3, 0.4) is 0 Å². The summed E-state index contributed by atoms with van der Waals surface area (Å²) >= 11 is 5.34. The standard InChI is InChI=1S/C20H23ClN4O2.O2S/c1-12-7-13(8-12)9-17(26)24-5-6-25-16(11-24)18(20(22)27)19(23-25)14-3-2-4-15(21)10-14;1-3-2/h2-4,10,12-13H,5-9,11H2,1H3,(H2,22,27);. The second-order valence-electron chi connectivity index (χ2n) is 7.80. The van der Waals surface area contributed by atoms with E-state index in [1.165, 1.54) is 0 Å². The summed E-state index contributed by atoms with van der Waals surface area (Å²) in [5.74, 6) is 0.844. The van der Waals surface area contributed by atoms with Crippen molar-refractivity contribution >= 4 is 35.0 Å². The Morgan fingerprint density at radius 1 is 1.27 bits per heavy atom. The van der Waals surface area contributed by atoms with Gasteiger partial charge in [-0.3, -0.25) is 14.3 Å². The van der Waals surface area contributed by atoms with Crippen molar-refractivity contribution in [3.8, 4) is 11.3 Å². The van der Waals surface area contributed by atoms with Crippen LogP contribution >= 0.6 is 11.6 Å². The number of nitrogens with zero attached hydrogens (tertiary/aromatic N) is 3. The molecule has 30 heavy (non-hydrogen) atoms. The number of hydrogen-bond donors (Lipinski definition) is 1. The number of carbonyl (C=O) groups is 2. The van der Waals surface area contributed by atoms with Crippen LogP contribution in [0.4, 0.5) is 0 Å². The Hall–Kier alpha value is -2.52. The fourth-order valence-electron chi connectivity index (χ4n) is 4.24. The summed E-state index contributed by atoms with van der Waals surface area (Å²) in [5, 5.41) is 5.16. The molecule has 2 heterocycles. The lowest BCUT2D eigenvalue weighted by Crippen LogP contribution is -2.40. The summed E-state index contributed by atoms with van der Waals surface area (Å²) in [6.07, 6.45) is 2.84. The monoisotopic (exact) mass is 450 g/mol. The number of hydrogen-bond acceptors (Lipinski definition) is 5. The molecule has 2 aromatic rings. The molecule has 1 aliphatic carbocycles. The van der Waals surface area contributed by atoms with Crippen molar-refractivity contribution in [2.75, 3.05) is 6.54 Å². The first kappa shape index (κ1) is 22.2. The zero-order valence-electron chi connectivity index (χ0n) is 16.5. The highest BCUT2D eigenvalue weighted by atomic mass is 35.5. The van der Waals surface area contributed by atoms with Crippen LogP contribution in [0.15, 0.2) is 24.3 Å². The van der Waals surface area contributed by atoms with Gasteiger partial charge >= 0.3 is 11.6 Å². The van der Waals surface area contributed by atoms with E-state index in [0.29, 0.717) is 53.9 Å². The number of benzene rings is 1. The van der Waals surface area contributed by atoms with Crippen LogP contribution < -0.4 is 5.73 Å². The largest absolute Gasteiger partial charge is 0.365 e. The topological polar surface area (TPSA) is 115 Å². The van der Waals surface area contributed by atoms with Crippen molar-refractivity contribution in [2.45, 2.75) is 39.3 Å². The Kier molecular flexibility index (Phi) is 7.04. The van der Waals surface area contributed by atoms with Gasteiger partial charge in [-0.15, -0.1) is 0 Å². The van der Waals surface area contributed by atoms with Crippen molar-refractivity contribution in [3.05, 3.63) is 40.5 Å². The number of carbonyl (C=O) groups excluding carboxylic acids is 2. The molecule has 2 aliphatic rings. The number of fused-ring (bicyclic) bond motifs is 1. The summed E-state index contributed by atoms with van der Waals surface area (Å²) < 4.78 is 18.4. The van der Waals surface area contributed by atoms with E-state index in [2.05, 4.69) is 12.0 Å². The van der Waals surface area contributed by atoms with Crippen LogP contribution in [0.1, 0.15) is 42.2 Å². The number of primary amides is 1. The predicted molar refractivity (Wildman–Crippen MR) is 112 cm³/mol. The summed E-state index contributed by atoms with van der Waals surface area (Å²) in [6, 6.07) is 7.21. The molecule has 1 aromatic heterocycles. The Morgan fingerprint density at radius 2 is 1.97 bits per heavy atom. The van der Waals surface area contributed by atoms with Crippen molar-refractivity contribution < 1.29 is 18.0 Å². The molecule has 1 saturated carbocycles. The number of aromatic nitrogens is 2. The van der Waals surface area contributed by atoms with Crippen LogP contribution in [0.2, 0.25) is 5.02 Å². The lowest BCUT2D eigenvalue weighted by molar-refractivity contribution is -0.134. The van der Waals surface area contributed by atoms with E-state index in [0.717, 1.165) is 24.3 Å². The van der Waals surface area contributed by atoms with E-state index in [1.54, 1.807) is 16.8 Å². The van der Waals surface area contributed by atoms with Gasteiger partial charge in [-0.05, 0) is 36.8 Å². The molecule has 0 bridgehead atoms. The fourth-order valence-corrected chi connectivity index (χ4v) is 4.43. The molecule has 8 nitrogen and oxygen atoms in total. The second-order valence-corrected chi connectivity index (χ2v) is 8.37. The molecule has 0 atom stereocenters. The van der Waals surface area contributed by atoms with Gasteiger partial charge in [0.2, 0.25) is 5.91 Å². The van der Waals surface area contributed by atoms with E-state index >= 15 is 0 Å². The van der Waals surface area contributed by atoms with E-state index in [4.69, 9.17) is 25.8 Å². The highest BCUT2D eigenvalue weighted by molar-refractivity contribution is 7.51. The fraction of sp³-hybridized carbons (Fsp3) is 0.450. The Balaban J connectivity index is 0.000000806. The van der Waals surface area contributed by atoms with Gasteiger partial charge in [-0.25, -0.2) is 0 Å². The lowest BCUT2D eigenvalue weighted by atomic mass is 9.74. The molecule has 4 rings (SSSR count). The van der Waals surface area contributed by atoms with Crippen molar-refractivity contribution in [1.29, 1.82) is 0 Å². The minimum absolute atomic E-state index is 0.152. The Morgan fingerprint density at radius 3 is 2.57 bits per heavy atom. The van der Waals surface area contributed by atoms with Gasteiger partial charge in [0, 0.05) is 23.6 Å². The van der Waals surface area contributed by atoms with Gasteiger partial charge in [0.1, 0.15) is 5.69 Å². The average Bonchev–Trinajstić information content (AvgIpc) is 3.06. The number of amides is 2. The zero-order chi connectivity index (χ0) is 21.8. The van der Waals surface area contributed by atoms with Gasteiger partial charge in [0.15, 0.2) is 0 Å². The third-order valence-corrected chi connectivity index (χ3v) is 5.85. The average molecular weight is 451 g/mol. The first-order chi connectivity index (χ1) is 14.3. The molecule has 1 fully saturated rings. The molecule has 10 heteroatoms. The molecule has 160 valence electrons. The highest BCUT2D eigenvalue weighted by Gasteiger charge is 2.32. The minimum Gasteiger partial charge on any atom is -0.365 e. The molecular formula is C20H23ClN4O4S. The molecule has 2 amide bonds. The molecule has 0 radical (unpaired) electrons.